The third kappa shape index (κ3) is 5.44. The molecule has 1 aliphatic rings. The molecule has 0 aromatic heterocycles. The van der Waals surface area contributed by atoms with Crippen molar-refractivity contribution in [2.24, 2.45) is 0 Å². The average molecular weight is 274 g/mol. The van der Waals surface area contributed by atoms with Crippen LogP contribution in [0, 0.1) is 0 Å². The van der Waals surface area contributed by atoms with Gasteiger partial charge in [-0.3, -0.25) is 0 Å². The van der Waals surface area contributed by atoms with Crippen LogP contribution in [0.4, 0.5) is 0 Å². The summed E-state index contributed by atoms with van der Waals surface area (Å²) in [5.41, 5.74) is 1.27. The van der Waals surface area contributed by atoms with Gasteiger partial charge in [-0.05, 0) is 24.1 Å². The van der Waals surface area contributed by atoms with Crippen molar-refractivity contribution in [2.45, 2.75) is 6.42 Å². The van der Waals surface area contributed by atoms with Gasteiger partial charge in [0.1, 0.15) is 5.75 Å². The molecule has 1 aliphatic heterocycles. The van der Waals surface area contributed by atoms with Crippen LogP contribution < -0.4 is 14.3 Å². The average Bonchev–Trinajstić information content (AvgIpc) is 2.17. The predicted molar refractivity (Wildman–Crippen MR) is 46.4 cm³/mol. The molecular weight excluding hydrogens is 266 g/mol. The van der Waals surface area contributed by atoms with Crippen molar-refractivity contribution in [1.29, 1.82) is 0 Å². The van der Waals surface area contributed by atoms with Crippen molar-refractivity contribution in [3.8, 4) is 5.75 Å². The summed E-state index contributed by atoms with van der Waals surface area (Å²) in [6.07, 6.45) is 4.75. The Morgan fingerprint density at radius 3 is 2.47 bits per heavy atom. The normalized spacial score (nSPS) is 10.9. The Kier molecular flexibility index (Phi) is 6.83. The Hall–Kier alpha value is -1.000. The largest absolute Gasteiger partial charge is 2.00 e. The maximum Gasteiger partial charge on any atom is 2.00 e. The molecule has 0 saturated heterocycles. The van der Waals surface area contributed by atoms with Gasteiger partial charge >= 0.3 is 19.5 Å². The number of hydrogen-bond acceptors (Lipinski definition) is 4. The van der Waals surface area contributed by atoms with E-state index in [1.54, 1.807) is 6.26 Å². The molecule has 0 unspecified atom stereocenters. The molecular formula is C9H8O4SiZn. The summed E-state index contributed by atoms with van der Waals surface area (Å²) in [6, 6.07) is 8.08. The number of hydrogen-bond donors (Lipinski definition) is 0. The van der Waals surface area contributed by atoms with E-state index in [1.807, 2.05) is 24.3 Å². The molecule has 1 heterocycles. The summed E-state index contributed by atoms with van der Waals surface area (Å²) >= 11 is 0. The van der Waals surface area contributed by atoms with Crippen LogP contribution >= 0.6 is 0 Å². The summed E-state index contributed by atoms with van der Waals surface area (Å²) in [4.78, 5) is 17.0. The molecule has 1 aromatic rings. The van der Waals surface area contributed by atoms with Crippen LogP contribution in [0.1, 0.15) is 5.56 Å². The predicted octanol–water partition coefficient (Wildman–Crippen LogP) is -0.745. The zero-order chi connectivity index (χ0) is 10.4. The van der Waals surface area contributed by atoms with Gasteiger partial charge in [0.25, 0.3) is 0 Å². The molecule has 4 nitrogen and oxygen atoms in total. The first-order chi connectivity index (χ1) is 6.70. The molecule has 2 rings (SSSR count). The van der Waals surface area contributed by atoms with Gasteiger partial charge < -0.3 is 18.8 Å². The standard InChI is InChI=1S/C9H8O.O3Si.Zn/c1-2-6-9-8(4-1)5-3-7-10-9;1-4(2)3;/h1-4,6-7H,5H2;;/q;-2;+2. The minimum absolute atomic E-state index is 0. The first-order valence-electron chi connectivity index (χ1n) is 3.97. The Bertz CT molecular complexity index is 323. The van der Waals surface area contributed by atoms with Gasteiger partial charge in [0.2, 0.25) is 0 Å². The van der Waals surface area contributed by atoms with E-state index in [0.717, 1.165) is 12.2 Å². The third-order valence-electron chi connectivity index (χ3n) is 1.60. The van der Waals surface area contributed by atoms with Crippen LogP contribution in [0.25, 0.3) is 0 Å². The maximum atomic E-state index is 8.52. The molecule has 0 bridgehead atoms. The molecule has 1 aromatic carbocycles. The van der Waals surface area contributed by atoms with E-state index in [0.29, 0.717) is 0 Å². The summed E-state index contributed by atoms with van der Waals surface area (Å²) < 4.78 is 13.8. The molecule has 0 N–H and O–H groups in total. The second-order valence-electron chi connectivity index (χ2n) is 2.55. The molecule has 6 heteroatoms. The van der Waals surface area contributed by atoms with E-state index >= 15 is 0 Å². The number of benzene rings is 1. The molecule has 0 saturated carbocycles. The van der Waals surface area contributed by atoms with Gasteiger partial charge in [0, 0.05) is 9.17 Å². The fraction of sp³-hybridized carbons (Fsp3) is 0.111. The van der Waals surface area contributed by atoms with Crippen molar-refractivity contribution >= 4 is 9.17 Å². The van der Waals surface area contributed by atoms with Gasteiger partial charge in [0.05, 0.1) is 6.26 Å². The van der Waals surface area contributed by atoms with Gasteiger partial charge in [-0.1, -0.05) is 18.2 Å². The fourth-order valence-electron chi connectivity index (χ4n) is 1.08. The van der Waals surface area contributed by atoms with Crippen LogP contribution in [0.2, 0.25) is 0 Å². The zero-order valence-corrected chi connectivity index (χ0v) is 12.0. The second-order valence-corrected chi connectivity index (χ2v) is 3.05. The van der Waals surface area contributed by atoms with E-state index in [1.165, 1.54) is 5.56 Å². The number of rotatable bonds is 0. The monoisotopic (exact) mass is 272 g/mol. The van der Waals surface area contributed by atoms with Crippen LogP contribution in [-0.4, -0.2) is 9.17 Å². The Balaban J connectivity index is 0.000000346. The van der Waals surface area contributed by atoms with E-state index in [-0.39, 0.29) is 19.5 Å². The topological polar surface area (TPSA) is 72.4 Å². The Morgan fingerprint density at radius 2 is 1.87 bits per heavy atom. The molecule has 15 heavy (non-hydrogen) atoms. The van der Waals surface area contributed by atoms with Crippen LogP contribution in [0.15, 0.2) is 36.6 Å². The number of fused-ring (bicyclic) bond motifs is 1. The number of allylic oxidation sites excluding steroid dienone is 1. The number of ether oxygens (including phenoxy) is 1. The molecule has 0 radical (unpaired) electrons. The van der Waals surface area contributed by atoms with E-state index < -0.39 is 9.17 Å². The molecule has 0 fully saturated rings. The molecule has 0 spiro atoms. The van der Waals surface area contributed by atoms with Crippen LogP contribution in [0.3, 0.4) is 0 Å². The van der Waals surface area contributed by atoms with Crippen molar-refractivity contribution in [3.63, 3.8) is 0 Å². The molecule has 0 atom stereocenters. The zero-order valence-electron chi connectivity index (χ0n) is 8.01. The Labute approximate surface area is 102 Å². The van der Waals surface area contributed by atoms with E-state index in [9.17, 15) is 0 Å². The van der Waals surface area contributed by atoms with Gasteiger partial charge in [-0.25, -0.2) is 0 Å². The number of para-hydroxylation sites is 1. The van der Waals surface area contributed by atoms with Crippen LogP contribution in [-0.2, 0) is 30.4 Å². The fourth-order valence-corrected chi connectivity index (χ4v) is 1.08. The molecule has 0 amide bonds. The van der Waals surface area contributed by atoms with Gasteiger partial charge in [0.15, 0.2) is 0 Å². The minimum atomic E-state index is -3.63. The van der Waals surface area contributed by atoms with Gasteiger partial charge in [-0.2, -0.15) is 0 Å². The summed E-state index contributed by atoms with van der Waals surface area (Å²) in [5, 5.41) is 0. The second kappa shape index (κ2) is 7.31. The van der Waals surface area contributed by atoms with E-state index in [4.69, 9.17) is 18.8 Å². The molecule has 74 valence electrons. The Morgan fingerprint density at radius 1 is 1.27 bits per heavy atom. The van der Waals surface area contributed by atoms with E-state index in [2.05, 4.69) is 6.07 Å². The summed E-state index contributed by atoms with van der Waals surface area (Å²) in [7, 11) is -3.63. The van der Waals surface area contributed by atoms with Crippen molar-refractivity contribution < 1.29 is 38.3 Å². The smallest absolute Gasteiger partial charge is 0.672 e. The summed E-state index contributed by atoms with van der Waals surface area (Å²) in [5.74, 6) is 0.991. The van der Waals surface area contributed by atoms with Crippen LogP contribution in [0.5, 0.6) is 5.75 Å². The van der Waals surface area contributed by atoms with Crippen molar-refractivity contribution in [1.82, 2.24) is 0 Å². The summed E-state index contributed by atoms with van der Waals surface area (Å²) in [6.45, 7) is 0. The molecule has 0 aliphatic carbocycles. The maximum absolute atomic E-state index is 8.52. The quantitative estimate of drug-likeness (QED) is 0.584. The third-order valence-corrected chi connectivity index (χ3v) is 1.60. The SMILES string of the molecule is C1=COc2ccccc2C1.O=[Si]([O-])[O-].[Zn+2]. The first-order valence-corrected chi connectivity index (χ1v) is 5.20. The van der Waals surface area contributed by atoms with Gasteiger partial charge in [-0.15, -0.1) is 0 Å². The minimum Gasteiger partial charge on any atom is -0.672 e. The first kappa shape index (κ1) is 14.0. The van der Waals surface area contributed by atoms with Crippen molar-refractivity contribution in [2.75, 3.05) is 0 Å². The van der Waals surface area contributed by atoms with Crippen molar-refractivity contribution in [3.05, 3.63) is 42.2 Å².